The summed E-state index contributed by atoms with van der Waals surface area (Å²) in [4.78, 5) is 0. The molecule has 4 heteroatoms. The first-order chi connectivity index (χ1) is 3.06. The van der Waals surface area contributed by atoms with Crippen molar-refractivity contribution in [3.05, 3.63) is 0 Å². The largest absolute Gasteiger partial charge is 0.380 e. The molecular weight excluding hydrogens is 133 g/mol. The van der Waals surface area contributed by atoms with Crippen LogP contribution in [0, 0.1) is 0 Å². The number of rotatable bonds is 2. The fourth-order valence-corrected chi connectivity index (χ4v) is 0.282. The highest BCUT2D eigenvalue weighted by atomic mass is 35.5. The molecule has 0 saturated carbocycles. The van der Waals surface area contributed by atoms with Gasteiger partial charge in [-0.2, -0.15) is 0 Å². The number of hydrogen-bond donors (Lipinski definition) is 1. The molecule has 2 N–H and O–H groups in total. The third-order valence-electron chi connectivity index (χ3n) is 0.427. The smallest absolute Gasteiger partial charge is 0.179 e. The van der Waals surface area contributed by atoms with Crippen molar-refractivity contribution in [2.75, 3.05) is 13.7 Å². The van der Waals surface area contributed by atoms with Crippen molar-refractivity contribution in [1.29, 1.82) is 0 Å². The fourth-order valence-electron chi connectivity index (χ4n) is 0.282. The molecule has 0 aromatic rings. The molecule has 0 aliphatic carbocycles. The van der Waals surface area contributed by atoms with E-state index in [1.165, 1.54) is 14.0 Å². The Morgan fingerprint density at radius 2 is 2.12 bits per heavy atom. The molecule has 0 aliphatic heterocycles. The summed E-state index contributed by atoms with van der Waals surface area (Å²) >= 11 is 0. The van der Waals surface area contributed by atoms with Crippen molar-refractivity contribution in [3.63, 3.8) is 0 Å². The molecule has 0 aromatic heterocycles. The van der Waals surface area contributed by atoms with Crippen LogP contribution in [0.15, 0.2) is 0 Å². The summed E-state index contributed by atoms with van der Waals surface area (Å²) in [5.41, 5.74) is 4.85. The van der Waals surface area contributed by atoms with Crippen molar-refractivity contribution >= 4 is 12.4 Å². The fraction of sp³-hybridized carbons (Fsp3) is 1.00. The molecule has 0 rings (SSSR count). The molecule has 0 saturated heterocycles. The third-order valence-corrected chi connectivity index (χ3v) is 0.427. The maximum absolute atomic E-state index is 12.0. The Kier molecular flexibility index (Phi) is 5.59. The van der Waals surface area contributed by atoms with E-state index in [4.69, 9.17) is 5.73 Å². The van der Waals surface area contributed by atoms with Gasteiger partial charge < -0.3 is 4.74 Å². The minimum absolute atomic E-state index is 0. The van der Waals surface area contributed by atoms with E-state index >= 15 is 0 Å². The van der Waals surface area contributed by atoms with E-state index in [9.17, 15) is 4.39 Å². The van der Waals surface area contributed by atoms with E-state index in [-0.39, 0.29) is 19.0 Å². The minimum Gasteiger partial charge on any atom is -0.380 e. The van der Waals surface area contributed by atoms with Gasteiger partial charge in [-0.15, -0.1) is 12.4 Å². The van der Waals surface area contributed by atoms with Gasteiger partial charge in [0.15, 0.2) is 5.79 Å². The molecule has 0 heterocycles. The average molecular weight is 144 g/mol. The van der Waals surface area contributed by atoms with Gasteiger partial charge in [0.2, 0.25) is 0 Å². The second-order valence-electron chi connectivity index (χ2n) is 1.71. The minimum atomic E-state index is -1.67. The number of ether oxygens (including phenoxy) is 1. The molecule has 0 amide bonds. The first kappa shape index (κ1) is 11.0. The molecule has 52 valence electrons. The van der Waals surface area contributed by atoms with Crippen molar-refractivity contribution in [1.82, 2.24) is 0 Å². The van der Waals surface area contributed by atoms with Gasteiger partial charge in [0.05, 0.1) is 6.61 Å². The quantitative estimate of drug-likeness (QED) is 0.578. The molecular formula is C4H11ClFNO. The van der Waals surface area contributed by atoms with E-state index in [1.54, 1.807) is 0 Å². The topological polar surface area (TPSA) is 35.2 Å². The highest BCUT2D eigenvalue weighted by Gasteiger charge is 2.13. The highest BCUT2D eigenvalue weighted by molar-refractivity contribution is 5.85. The van der Waals surface area contributed by atoms with E-state index in [1.807, 2.05) is 0 Å². The number of alkyl halides is 1. The lowest BCUT2D eigenvalue weighted by molar-refractivity contribution is 0.0596. The molecule has 0 aliphatic rings. The zero-order chi connectivity index (χ0) is 5.91. The lowest BCUT2D eigenvalue weighted by Gasteiger charge is -2.10. The molecule has 1 unspecified atom stereocenters. The van der Waals surface area contributed by atoms with Gasteiger partial charge in [-0.25, -0.2) is 4.39 Å². The second kappa shape index (κ2) is 4.06. The van der Waals surface area contributed by atoms with Crippen LogP contribution in [-0.4, -0.2) is 19.5 Å². The molecule has 1 atom stereocenters. The van der Waals surface area contributed by atoms with Crippen molar-refractivity contribution in [2.24, 2.45) is 5.73 Å². The van der Waals surface area contributed by atoms with Crippen LogP contribution in [-0.2, 0) is 4.74 Å². The summed E-state index contributed by atoms with van der Waals surface area (Å²) in [7, 11) is 1.41. The zero-order valence-electron chi connectivity index (χ0n) is 4.98. The van der Waals surface area contributed by atoms with Crippen molar-refractivity contribution < 1.29 is 9.13 Å². The Bertz CT molecular complexity index is 54.5. The summed E-state index contributed by atoms with van der Waals surface area (Å²) in [6.07, 6.45) is 0. The van der Waals surface area contributed by atoms with Crippen LogP contribution in [0.25, 0.3) is 0 Å². The monoisotopic (exact) mass is 143 g/mol. The van der Waals surface area contributed by atoms with Crippen LogP contribution < -0.4 is 5.73 Å². The van der Waals surface area contributed by atoms with E-state index in [0.29, 0.717) is 0 Å². The predicted octanol–water partition coefficient (Wildman–Crippen LogP) is 0.699. The molecule has 2 nitrogen and oxygen atoms in total. The molecule has 0 aromatic carbocycles. The number of nitrogens with two attached hydrogens (primary N) is 1. The van der Waals surface area contributed by atoms with Gasteiger partial charge in [0, 0.05) is 7.11 Å². The van der Waals surface area contributed by atoms with Crippen LogP contribution >= 0.6 is 12.4 Å². The van der Waals surface area contributed by atoms with E-state index in [0.717, 1.165) is 0 Å². The second-order valence-corrected chi connectivity index (χ2v) is 1.71. The van der Waals surface area contributed by atoms with Crippen LogP contribution in [0.5, 0.6) is 0 Å². The maximum Gasteiger partial charge on any atom is 0.179 e. The number of halogens is 2. The predicted molar refractivity (Wildman–Crippen MR) is 32.8 cm³/mol. The summed E-state index contributed by atoms with van der Waals surface area (Å²) < 4.78 is 16.4. The summed E-state index contributed by atoms with van der Waals surface area (Å²) in [5.74, 6) is -1.67. The summed E-state index contributed by atoms with van der Waals surface area (Å²) in [6.45, 7) is 1.21. The Balaban J connectivity index is 0. The molecule has 0 radical (unpaired) electrons. The first-order valence-electron chi connectivity index (χ1n) is 2.03. The molecule has 0 bridgehead atoms. The van der Waals surface area contributed by atoms with Crippen LogP contribution in [0.1, 0.15) is 6.92 Å². The zero-order valence-corrected chi connectivity index (χ0v) is 5.80. The Labute approximate surface area is 54.6 Å². The SMILES string of the molecule is COCC(C)(N)F.Cl. The van der Waals surface area contributed by atoms with Gasteiger partial charge in [0.1, 0.15) is 0 Å². The Hall–Kier alpha value is 0.140. The van der Waals surface area contributed by atoms with Gasteiger partial charge in [-0.1, -0.05) is 0 Å². The Morgan fingerprint density at radius 1 is 1.75 bits per heavy atom. The van der Waals surface area contributed by atoms with Crippen LogP contribution in [0.4, 0.5) is 4.39 Å². The standard InChI is InChI=1S/C4H10FNO.ClH/c1-4(5,6)3-7-2;/h3,6H2,1-2H3;1H. The number of methoxy groups -OCH3 is 1. The maximum atomic E-state index is 12.0. The van der Waals surface area contributed by atoms with E-state index < -0.39 is 5.79 Å². The van der Waals surface area contributed by atoms with Gasteiger partial charge >= 0.3 is 0 Å². The normalized spacial score (nSPS) is 16.5. The number of hydrogen-bond acceptors (Lipinski definition) is 2. The first-order valence-corrected chi connectivity index (χ1v) is 2.03. The van der Waals surface area contributed by atoms with E-state index in [2.05, 4.69) is 4.74 Å². The molecule has 0 spiro atoms. The lowest BCUT2D eigenvalue weighted by Crippen LogP contribution is -2.35. The molecule has 0 fully saturated rings. The van der Waals surface area contributed by atoms with Gasteiger partial charge in [-0.05, 0) is 6.92 Å². The third kappa shape index (κ3) is 9.46. The summed E-state index contributed by atoms with van der Waals surface area (Å²) in [5, 5.41) is 0. The van der Waals surface area contributed by atoms with Crippen LogP contribution in [0.3, 0.4) is 0 Å². The lowest BCUT2D eigenvalue weighted by atomic mass is 10.3. The average Bonchev–Trinajstić information content (AvgIpc) is 1.30. The Morgan fingerprint density at radius 3 is 2.12 bits per heavy atom. The van der Waals surface area contributed by atoms with Crippen LogP contribution in [0.2, 0.25) is 0 Å². The highest BCUT2D eigenvalue weighted by Crippen LogP contribution is 1.97. The van der Waals surface area contributed by atoms with Gasteiger partial charge in [-0.3, -0.25) is 5.73 Å². The van der Waals surface area contributed by atoms with Crippen molar-refractivity contribution in [2.45, 2.75) is 12.7 Å². The van der Waals surface area contributed by atoms with Gasteiger partial charge in [0.25, 0.3) is 0 Å². The van der Waals surface area contributed by atoms with Crippen molar-refractivity contribution in [3.8, 4) is 0 Å². The molecule has 8 heavy (non-hydrogen) atoms. The summed E-state index contributed by atoms with van der Waals surface area (Å²) in [6, 6.07) is 0.